The highest BCUT2D eigenvalue weighted by molar-refractivity contribution is 7.87. The number of nitrogens with zero attached hydrogens (tertiary/aromatic N) is 3. The summed E-state index contributed by atoms with van der Waals surface area (Å²) in [5.41, 5.74) is 2.31. The number of aryl methyl sites for hydroxylation is 2. The summed E-state index contributed by atoms with van der Waals surface area (Å²) in [6.45, 7) is 5.23. The lowest BCUT2D eigenvalue weighted by Gasteiger charge is -2.36. The van der Waals surface area contributed by atoms with E-state index in [0.29, 0.717) is 43.0 Å². The first-order valence-corrected chi connectivity index (χ1v) is 12.4. The molecule has 1 aliphatic rings. The van der Waals surface area contributed by atoms with E-state index in [1.807, 2.05) is 17.0 Å². The first kappa shape index (κ1) is 24.2. The van der Waals surface area contributed by atoms with Gasteiger partial charge in [-0.2, -0.15) is 13.7 Å². The van der Waals surface area contributed by atoms with Gasteiger partial charge in [-0.1, -0.05) is 18.2 Å². The van der Waals surface area contributed by atoms with Crippen molar-refractivity contribution in [2.45, 2.75) is 18.7 Å². The van der Waals surface area contributed by atoms with Crippen molar-refractivity contribution in [3.8, 4) is 11.8 Å². The minimum Gasteiger partial charge on any atom is -0.379 e. The second-order valence-electron chi connectivity index (χ2n) is 8.36. The van der Waals surface area contributed by atoms with Crippen molar-refractivity contribution in [2.75, 3.05) is 31.1 Å². The molecule has 1 heterocycles. The molecule has 0 bridgehead atoms. The number of anilines is 1. The summed E-state index contributed by atoms with van der Waals surface area (Å²) in [6, 6.07) is 17.5. The highest BCUT2D eigenvalue weighted by atomic mass is 32.2. The summed E-state index contributed by atoms with van der Waals surface area (Å²) < 4.78 is 44.6. The van der Waals surface area contributed by atoms with Crippen LogP contribution in [0.15, 0.2) is 65.6 Å². The maximum absolute atomic E-state index is 13.9. The van der Waals surface area contributed by atoms with Crippen LogP contribution in [0.3, 0.4) is 0 Å². The SMILES string of the molecule is Cc1ccc(C)c(S(=O)(=O)Oc2ccc(C(=O)N3CCN(c4cccc(F)c4C#N)CC3)cc2)c1. The quantitative estimate of drug-likeness (QED) is 0.498. The number of amides is 1. The molecule has 1 aliphatic heterocycles. The predicted octanol–water partition coefficient (Wildman–Crippen LogP) is 4.04. The van der Waals surface area contributed by atoms with Crippen molar-refractivity contribution >= 4 is 21.7 Å². The molecule has 1 fully saturated rings. The number of halogens is 1. The van der Waals surface area contributed by atoms with E-state index in [-0.39, 0.29) is 22.1 Å². The Bertz CT molecular complexity index is 1410. The van der Waals surface area contributed by atoms with Crippen LogP contribution in [0.1, 0.15) is 27.0 Å². The van der Waals surface area contributed by atoms with Crippen molar-refractivity contribution in [2.24, 2.45) is 0 Å². The van der Waals surface area contributed by atoms with Crippen molar-refractivity contribution in [1.29, 1.82) is 5.26 Å². The van der Waals surface area contributed by atoms with Gasteiger partial charge in [0.2, 0.25) is 0 Å². The summed E-state index contributed by atoms with van der Waals surface area (Å²) >= 11 is 0. The second kappa shape index (κ2) is 9.76. The van der Waals surface area contributed by atoms with E-state index in [2.05, 4.69) is 0 Å². The molecule has 0 saturated carbocycles. The van der Waals surface area contributed by atoms with Gasteiger partial charge in [0.25, 0.3) is 5.91 Å². The third-order valence-corrected chi connectivity index (χ3v) is 7.32. The summed E-state index contributed by atoms with van der Waals surface area (Å²) in [6.07, 6.45) is 0. The standard InChI is InChI=1S/C26H24FN3O4S/c1-18-6-7-19(2)25(16-18)35(32,33)34-21-10-8-20(9-11-21)26(31)30-14-12-29(13-15-30)24-5-3-4-23(27)22(24)17-28/h3-11,16H,12-15H2,1-2H3. The van der Waals surface area contributed by atoms with Crippen LogP contribution in [0.25, 0.3) is 0 Å². The lowest BCUT2D eigenvalue weighted by atomic mass is 10.1. The number of hydrogen-bond acceptors (Lipinski definition) is 6. The number of nitriles is 1. The minimum absolute atomic E-state index is 0.00123. The maximum atomic E-state index is 13.9. The first-order chi connectivity index (χ1) is 16.7. The Balaban J connectivity index is 1.42. The summed E-state index contributed by atoms with van der Waals surface area (Å²) in [5.74, 6) is -0.652. The topological polar surface area (TPSA) is 90.7 Å². The number of rotatable bonds is 5. The average molecular weight is 494 g/mol. The highest BCUT2D eigenvalue weighted by Crippen LogP contribution is 2.25. The number of carbonyl (C=O) groups is 1. The van der Waals surface area contributed by atoms with E-state index >= 15 is 0 Å². The van der Waals surface area contributed by atoms with Crippen molar-refractivity contribution in [1.82, 2.24) is 4.90 Å². The number of carbonyl (C=O) groups excluding carboxylic acids is 1. The van der Waals surface area contributed by atoms with Crippen LogP contribution in [0, 0.1) is 31.0 Å². The van der Waals surface area contributed by atoms with E-state index in [1.165, 1.54) is 30.3 Å². The average Bonchev–Trinajstić information content (AvgIpc) is 2.85. The van der Waals surface area contributed by atoms with Crippen molar-refractivity contribution in [3.05, 3.63) is 88.7 Å². The molecule has 9 heteroatoms. The van der Waals surface area contributed by atoms with E-state index < -0.39 is 15.9 Å². The molecule has 0 radical (unpaired) electrons. The van der Waals surface area contributed by atoms with Crippen molar-refractivity contribution < 1.29 is 21.8 Å². The van der Waals surface area contributed by atoms with Gasteiger partial charge in [-0.15, -0.1) is 0 Å². The van der Waals surface area contributed by atoms with Crippen molar-refractivity contribution in [3.63, 3.8) is 0 Å². The third-order valence-electron chi connectivity index (χ3n) is 5.93. The Hall–Kier alpha value is -3.90. The van der Waals surface area contributed by atoms with E-state index in [1.54, 1.807) is 43.0 Å². The summed E-state index contributed by atoms with van der Waals surface area (Å²) in [5, 5.41) is 9.27. The van der Waals surface area contributed by atoms with Crippen LogP contribution < -0.4 is 9.08 Å². The lowest BCUT2D eigenvalue weighted by Crippen LogP contribution is -2.49. The van der Waals surface area contributed by atoms with Gasteiger partial charge in [0.05, 0.1) is 5.69 Å². The Morgan fingerprint density at radius 3 is 2.34 bits per heavy atom. The smallest absolute Gasteiger partial charge is 0.339 e. The molecule has 1 saturated heterocycles. The third kappa shape index (κ3) is 5.12. The fraction of sp³-hybridized carbons (Fsp3) is 0.231. The predicted molar refractivity (Wildman–Crippen MR) is 129 cm³/mol. The zero-order chi connectivity index (χ0) is 25.2. The van der Waals surface area contributed by atoms with Crippen LogP contribution in [-0.2, 0) is 10.1 Å². The fourth-order valence-corrected chi connectivity index (χ4v) is 5.27. The summed E-state index contributed by atoms with van der Waals surface area (Å²) in [7, 11) is -4.01. The highest BCUT2D eigenvalue weighted by Gasteiger charge is 2.25. The molecule has 0 N–H and O–H groups in total. The Kier molecular flexibility index (Phi) is 6.76. The molecule has 7 nitrogen and oxygen atoms in total. The van der Waals surface area contributed by atoms with Crippen LogP contribution in [0.5, 0.6) is 5.75 Å². The zero-order valence-electron chi connectivity index (χ0n) is 19.4. The normalized spacial score (nSPS) is 13.9. The fourth-order valence-electron chi connectivity index (χ4n) is 4.02. The van der Waals surface area contributed by atoms with E-state index in [9.17, 15) is 22.9 Å². The van der Waals surface area contributed by atoms with Gasteiger partial charge < -0.3 is 14.0 Å². The molecule has 4 rings (SSSR count). The molecular weight excluding hydrogens is 469 g/mol. The number of hydrogen-bond donors (Lipinski definition) is 0. The molecule has 35 heavy (non-hydrogen) atoms. The van der Waals surface area contributed by atoms with Crippen LogP contribution >= 0.6 is 0 Å². The molecule has 1 amide bonds. The van der Waals surface area contributed by atoms with Gasteiger partial charge in [0.1, 0.15) is 28.1 Å². The van der Waals surface area contributed by atoms with Gasteiger partial charge in [-0.25, -0.2) is 4.39 Å². The maximum Gasteiger partial charge on any atom is 0.339 e. The number of benzene rings is 3. The van der Waals surface area contributed by atoms with Gasteiger partial charge >= 0.3 is 10.1 Å². The van der Waals surface area contributed by atoms with E-state index in [0.717, 1.165) is 5.56 Å². The molecule has 0 aromatic heterocycles. The molecule has 0 spiro atoms. The van der Waals surface area contributed by atoms with Crippen LogP contribution in [0.4, 0.5) is 10.1 Å². The monoisotopic (exact) mass is 493 g/mol. The Morgan fingerprint density at radius 2 is 1.69 bits per heavy atom. The molecule has 0 unspecified atom stereocenters. The number of piperazine rings is 1. The molecular formula is C26H24FN3O4S. The Morgan fingerprint density at radius 1 is 1.00 bits per heavy atom. The first-order valence-electron chi connectivity index (χ1n) is 11.0. The van der Waals surface area contributed by atoms with Gasteiger partial charge in [0.15, 0.2) is 0 Å². The Labute approximate surface area is 204 Å². The minimum atomic E-state index is -4.01. The zero-order valence-corrected chi connectivity index (χ0v) is 20.2. The molecule has 3 aromatic carbocycles. The second-order valence-corrected chi connectivity index (χ2v) is 9.87. The van der Waals surface area contributed by atoms with Gasteiger partial charge in [-0.05, 0) is 67.4 Å². The van der Waals surface area contributed by atoms with Gasteiger partial charge in [-0.3, -0.25) is 4.79 Å². The largest absolute Gasteiger partial charge is 0.379 e. The van der Waals surface area contributed by atoms with Crippen LogP contribution in [-0.4, -0.2) is 45.4 Å². The molecule has 0 aliphatic carbocycles. The lowest BCUT2D eigenvalue weighted by molar-refractivity contribution is 0.0746. The molecule has 3 aromatic rings. The van der Waals surface area contributed by atoms with Gasteiger partial charge in [0, 0.05) is 31.7 Å². The van der Waals surface area contributed by atoms with E-state index in [4.69, 9.17) is 4.18 Å². The van der Waals surface area contributed by atoms with Crippen LogP contribution in [0.2, 0.25) is 0 Å². The molecule has 180 valence electrons. The summed E-state index contributed by atoms with van der Waals surface area (Å²) in [4.78, 5) is 16.6. The molecule has 0 atom stereocenters.